The summed E-state index contributed by atoms with van der Waals surface area (Å²) in [4.78, 5) is 5.36. The highest BCUT2D eigenvalue weighted by molar-refractivity contribution is 7.89. The van der Waals surface area contributed by atoms with Crippen molar-refractivity contribution in [2.75, 3.05) is 7.05 Å². The Bertz CT molecular complexity index is 723. The molecule has 0 aliphatic carbocycles. The number of nitrogens with zero attached hydrogens (tertiary/aromatic N) is 2. The summed E-state index contributed by atoms with van der Waals surface area (Å²) in [5.41, 5.74) is 9.21. The molecule has 0 aliphatic rings. The van der Waals surface area contributed by atoms with E-state index in [4.69, 9.17) is 5.73 Å². The van der Waals surface area contributed by atoms with Gasteiger partial charge in [-0.05, 0) is 31.5 Å². The number of hydrogen-bond donors (Lipinski definition) is 1. The Morgan fingerprint density at radius 3 is 2.71 bits per heavy atom. The van der Waals surface area contributed by atoms with Crippen LogP contribution in [0.25, 0.3) is 0 Å². The standard InChI is InChI=1S/C14H19N3O2S2/c1-10(15)12-5-4-6-13(7-12)21(18,19)17(3)8-14-11(2)16-9-20-14/h4-7,9-10H,8,15H2,1-3H3. The van der Waals surface area contributed by atoms with Crippen LogP contribution in [0.1, 0.15) is 29.1 Å². The lowest BCUT2D eigenvalue weighted by atomic mass is 10.1. The van der Waals surface area contributed by atoms with Gasteiger partial charge in [0.1, 0.15) is 0 Å². The number of aryl methyl sites for hydroxylation is 1. The maximum absolute atomic E-state index is 12.6. The van der Waals surface area contributed by atoms with Crippen molar-refractivity contribution in [3.63, 3.8) is 0 Å². The lowest BCUT2D eigenvalue weighted by molar-refractivity contribution is 0.468. The van der Waals surface area contributed by atoms with E-state index in [1.165, 1.54) is 15.6 Å². The van der Waals surface area contributed by atoms with Gasteiger partial charge in [-0.2, -0.15) is 4.31 Å². The first-order valence-corrected chi connectivity index (χ1v) is 8.85. The summed E-state index contributed by atoms with van der Waals surface area (Å²) >= 11 is 1.46. The molecule has 0 fully saturated rings. The molecule has 0 aliphatic heterocycles. The minimum Gasteiger partial charge on any atom is -0.324 e. The Balaban J connectivity index is 2.29. The minimum atomic E-state index is -3.53. The summed E-state index contributed by atoms with van der Waals surface area (Å²) in [6, 6.07) is 6.58. The Labute approximate surface area is 129 Å². The predicted octanol–water partition coefficient (Wildman–Crippen LogP) is 2.29. The molecule has 0 radical (unpaired) electrons. The number of aromatic nitrogens is 1. The zero-order valence-electron chi connectivity index (χ0n) is 12.3. The van der Waals surface area contributed by atoms with Crippen LogP contribution in [0.2, 0.25) is 0 Å². The highest BCUT2D eigenvalue weighted by atomic mass is 32.2. The fourth-order valence-corrected chi connectivity index (χ4v) is 4.01. The largest absolute Gasteiger partial charge is 0.324 e. The van der Waals surface area contributed by atoms with Crippen LogP contribution in [0.15, 0.2) is 34.7 Å². The molecule has 0 amide bonds. The third-order valence-electron chi connectivity index (χ3n) is 3.30. The van der Waals surface area contributed by atoms with Crippen LogP contribution < -0.4 is 5.73 Å². The van der Waals surface area contributed by atoms with Crippen LogP contribution in [0, 0.1) is 6.92 Å². The summed E-state index contributed by atoms with van der Waals surface area (Å²) < 4.78 is 26.6. The Hall–Kier alpha value is -1.28. The molecule has 0 saturated heterocycles. The lowest BCUT2D eigenvalue weighted by Crippen LogP contribution is -2.26. The summed E-state index contributed by atoms with van der Waals surface area (Å²) in [5, 5.41) is 0. The number of sulfonamides is 1. The van der Waals surface area contributed by atoms with E-state index >= 15 is 0 Å². The second kappa shape index (κ2) is 6.23. The van der Waals surface area contributed by atoms with E-state index in [0.717, 1.165) is 16.1 Å². The second-order valence-corrected chi connectivity index (χ2v) is 7.97. The van der Waals surface area contributed by atoms with Gasteiger partial charge in [0.2, 0.25) is 10.0 Å². The monoisotopic (exact) mass is 325 g/mol. The summed E-state index contributed by atoms with van der Waals surface area (Å²) in [7, 11) is -1.95. The van der Waals surface area contributed by atoms with E-state index in [1.54, 1.807) is 30.8 Å². The normalized spacial score (nSPS) is 13.6. The highest BCUT2D eigenvalue weighted by Crippen LogP contribution is 2.22. The van der Waals surface area contributed by atoms with Gasteiger partial charge in [-0.25, -0.2) is 13.4 Å². The van der Waals surface area contributed by atoms with Crippen molar-refractivity contribution in [3.05, 3.63) is 45.9 Å². The van der Waals surface area contributed by atoms with Gasteiger partial charge in [0, 0.05) is 24.5 Å². The Kier molecular flexibility index (Phi) is 4.77. The van der Waals surface area contributed by atoms with Crippen LogP contribution in [0.5, 0.6) is 0 Å². The third kappa shape index (κ3) is 3.49. The molecule has 2 rings (SSSR count). The zero-order valence-corrected chi connectivity index (χ0v) is 13.9. The molecule has 7 heteroatoms. The van der Waals surface area contributed by atoms with Gasteiger partial charge in [0.25, 0.3) is 0 Å². The summed E-state index contributed by atoms with van der Waals surface area (Å²) in [6.45, 7) is 4.03. The fraction of sp³-hybridized carbons (Fsp3) is 0.357. The maximum atomic E-state index is 12.6. The molecule has 2 aromatic rings. The van der Waals surface area contributed by atoms with Gasteiger partial charge in [0.15, 0.2) is 0 Å². The average Bonchev–Trinajstić information content (AvgIpc) is 2.84. The summed E-state index contributed by atoms with van der Waals surface area (Å²) in [5.74, 6) is 0. The van der Waals surface area contributed by atoms with Crippen LogP contribution >= 0.6 is 11.3 Å². The number of benzene rings is 1. The smallest absolute Gasteiger partial charge is 0.243 e. The van der Waals surface area contributed by atoms with Crippen molar-refractivity contribution in [1.29, 1.82) is 0 Å². The molecular weight excluding hydrogens is 306 g/mol. The molecule has 5 nitrogen and oxygen atoms in total. The Morgan fingerprint density at radius 1 is 1.43 bits per heavy atom. The average molecular weight is 325 g/mol. The molecule has 0 bridgehead atoms. The predicted molar refractivity (Wildman–Crippen MR) is 84.5 cm³/mol. The molecule has 0 saturated carbocycles. The van der Waals surface area contributed by atoms with Crippen LogP contribution in [0.4, 0.5) is 0 Å². The van der Waals surface area contributed by atoms with Gasteiger partial charge in [-0.1, -0.05) is 12.1 Å². The summed E-state index contributed by atoms with van der Waals surface area (Å²) in [6.07, 6.45) is 0. The van der Waals surface area contributed by atoms with E-state index in [1.807, 2.05) is 19.9 Å². The topological polar surface area (TPSA) is 76.3 Å². The number of nitrogens with two attached hydrogens (primary N) is 1. The maximum Gasteiger partial charge on any atom is 0.243 e. The zero-order chi connectivity index (χ0) is 15.6. The van der Waals surface area contributed by atoms with Gasteiger partial charge in [-0.15, -0.1) is 11.3 Å². The van der Waals surface area contributed by atoms with E-state index in [0.29, 0.717) is 6.54 Å². The fourth-order valence-electron chi connectivity index (χ4n) is 1.90. The third-order valence-corrected chi connectivity index (χ3v) is 6.02. The number of hydrogen-bond acceptors (Lipinski definition) is 5. The van der Waals surface area contributed by atoms with E-state index in [-0.39, 0.29) is 10.9 Å². The van der Waals surface area contributed by atoms with Crippen LogP contribution in [-0.4, -0.2) is 24.8 Å². The molecule has 1 unspecified atom stereocenters. The first-order chi connectivity index (χ1) is 9.82. The van der Waals surface area contributed by atoms with Crippen molar-refractivity contribution in [3.8, 4) is 0 Å². The molecular formula is C14H19N3O2S2. The molecule has 1 aromatic heterocycles. The van der Waals surface area contributed by atoms with Crippen molar-refractivity contribution >= 4 is 21.4 Å². The molecule has 1 heterocycles. The van der Waals surface area contributed by atoms with Crippen molar-refractivity contribution in [2.45, 2.75) is 31.3 Å². The SMILES string of the molecule is Cc1ncsc1CN(C)S(=O)(=O)c1cccc(C(C)N)c1. The molecule has 0 spiro atoms. The van der Waals surface area contributed by atoms with E-state index < -0.39 is 10.0 Å². The number of rotatable bonds is 5. The molecule has 2 N–H and O–H groups in total. The van der Waals surface area contributed by atoms with Gasteiger partial charge in [0.05, 0.1) is 16.1 Å². The van der Waals surface area contributed by atoms with E-state index in [9.17, 15) is 8.42 Å². The lowest BCUT2D eigenvalue weighted by Gasteiger charge is -2.17. The van der Waals surface area contributed by atoms with Crippen LogP contribution in [0.3, 0.4) is 0 Å². The van der Waals surface area contributed by atoms with Crippen molar-refractivity contribution in [1.82, 2.24) is 9.29 Å². The highest BCUT2D eigenvalue weighted by Gasteiger charge is 2.22. The minimum absolute atomic E-state index is 0.200. The molecule has 1 atom stereocenters. The Morgan fingerprint density at radius 2 is 2.14 bits per heavy atom. The first kappa shape index (κ1) is 16.1. The first-order valence-electron chi connectivity index (χ1n) is 6.53. The molecule has 1 aromatic carbocycles. The molecule has 114 valence electrons. The second-order valence-electron chi connectivity index (χ2n) is 4.98. The van der Waals surface area contributed by atoms with Crippen molar-refractivity contribution in [2.24, 2.45) is 5.73 Å². The van der Waals surface area contributed by atoms with E-state index in [2.05, 4.69) is 4.98 Å². The number of thiazole rings is 1. The van der Waals surface area contributed by atoms with Gasteiger partial charge >= 0.3 is 0 Å². The molecule has 21 heavy (non-hydrogen) atoms. The quantitative estimate of drug-likeness (QED) is 0.915. The van der Waals surface area contributed by atoms with Gasteiger partial charge < -0.3 is 5.73 Å². The van der Waals surface area contributed by atoms with Crippen molar-refractivity contribution < 1.29 is 8.42 Å². The van der Waals surface area contributed by atoms with Gasteiger partial charge in [-0.3, -0.25) is 0 Å². The van der Waals surface area contributed by atoms with Crippen LogP contribution in [-0.2, 0) is 16.6 Å².